The normalized spacial score (nSPS) is 11.7. The van der Waals surface area contributed by atoms with Crippen LogP contribution in [0.3, 0.4) is 0 Å². The number of amides is 3. The van der Waals surface area contributed by atoms with Gasteiger partial charge in [0.2, 0.25) is 0 Å². The van der Waals surface area contributed by atoms with E-state index in [9.17, 15) is 9.59 Å². The molecule has 0 radical (unpaired) electrons. The van der Waals surface area contributed by atoms with Crippen molar-refractivity contribution in [2.75, 3.05) is 49.0 Å². The first-order valence-electron chi connectivity index (χ1n) is 15.3. The van der Waals surface area contributed by atoms with Crippen LogP contribution < -0.4 is 20.3 Å². The number of nitrogens with one attached hydrogen (secondary N) is 2. The van der Waals surface area contributed by atoms with Gasteiger partial charge in [0.15, 0.2) is 0 Å². The van der Waals surface area contributed by atoms with E-state index >= 15 is 0 Å². The largest absolute Gasteiger partial charge is 0.457 e. The Balaban J connectivity index is 1.51. The van der Waals surface area contributed by atoms with Crippen LogP contribution in [0, 0.1) is 0 Å². The quantitative estimate of drug-likeness (QED) is 0.165. The zero-order chi connectivity index (χ0) is 34.4. The van der Waals surface area contributed by atoms with E-state index in [4.69, 9.17) is 14.6 Å². The highest BCUT2D eigenvalue weighted by atomic mass is 32.2. The summed E-state index contributed by atoms with van der Waals surface area (Å²) in [5.41, 5.74) is 1.47. The molecule has 2 aromatic carbocycles. The summed E-state index contributed by atoms with van der Waals surface area (Å²) in [6.07, 6.45) is 3.04. The maximum absolute atomic E-state index is 13.3. The maximum Gasteiger partial charge on any atom is 0.416 e. The van der Waals surface area contributed by atoms with Crippen molar-refractivity contribution in [2.24, 2.45) is 0 Å². The van der Waals surface area contributed by atoms with Crippen molar-refractivity contribution >= 4 is 41.2 Å². The zero-order valence-corrected chi connectivity index (χ0v) is 29.4. The molecule has 0 spiro atoms. The molecule has 11 nitrogen and oxygen atoms in total. The van der Waals surface area contributed by atoms with Crippen LogP contribution in [0.2, 0.25) is 0 Å². The summed E-state index contributed by atoms with van der Waals surface area (Å²) < 4.78 is 13.6. The summed E-state index contributed by atoms with van der Waals surface area (Å²) in [4.78, 5) is 35.0. The molecule has 3 amide bonds. The van der Waals surface area contributed by atoms with E-state index < -0.39 is 17.7 Å². The Bertz CT molecular complexity index is 1680. The van der Waals surface area contributed by atoms with Crippen LogP contribution in [-0.4, -0.2) is 70.8 Å². The highest BCUT2D eigenvalue weighted by Gasteiger charge is 2.25. The van der Waals surface area contributed by atoms with E-state index in [1.165, 1.54) is 16.7 Å². The van der Waals surface area contributed by atoms with Gasteiger partial charge in [-0.2, -0.15) is 5.10 Å². The molecule has 0 unspecified atom stereocenters. The lowest BCUT2D eigenvalue weighted by molar-refractivity contribution is 0.0577. The Hall–Kier alpha value is -4.55. The zero-order valence-electron chi connectivity index (χ0n) is 28.6. The average Bonchev–Trinajstić information content (AvgIpc) is 3.42. The number of anilines is 3. The van der Waals surface area contributed by atoms with E-state index in [0.29, 0.717) is 41.9 Å². The number of thioether (sulfide) groups is 1. The van der Waals surface area contributed by atoms with Gasteiger partial charge in [-0.3, -0.25) is 10.2 Å². The van der Waals surface area contributed by atoms with Crippen LogP contribution in [0.1, 0.15) is 47.2 Å². The summed E-state index contributed by atoms with van der Waals surface area (Å²) in [5, 5.41) is 10.7. The molecule has 2 heterocycles. The van der Waals surface area contributed by atoms with Crippen LogP contribution in [0.5, 0.6) is 11.5 Å². The molecule has 0 saturated heterocycles. The molecule has 47 heavy (non-hydrogen) atoms. The Morgan fingerprint density at radius 2 is 1.60 bits per heavy atom. The van der Waals surface area contributed by atoms with E-state index in [2.05, 4.69) is 36.4 Å². The Kier molecular flexibility index (Phi) is 11.2. The Labute approximate surface area is 281 Å². The summed E-state index contributed by atoms with van der Waals surface area (Å²) in [7, 11) is 3.88. The number of benzene rings is 2. The fourth-order valence-electron chi connectivity index (χ4n) is 4.37. The fraction of sp³-hybridized carbons (Fsp3) is 0.371. The smallest absolute Gasteiger partial charge is 0.416 e. The van der Waals surface area contributed by atoms with E-state index in [1.807, 2.05) is 88.5 Å². The number of para-hydroxylation sites is 1. The number of carbonyl (C=O) groups excluding carboxylic acids is 2. The van der Waals surface area contributed by atoms with Gasteiger partial charge in [-0.15, -0.1) is 11.8 Å². The number of hydrogen-bond acceptors (Lipinski definition) is 8. The van der Waals surface area contributed by atoms with Gasteiger partial charge in [0.25, 0.3) is 0 Å². The van der Waals surface area contributed by atoms with Gasteiger partial charge in [0.05, 0.1) is 17.1 Å². The van der Waals surface area contributed by atoms with Crippen molar-refractivity contribution in [3.05, 3.63) is 78.6 Å². The third kappa shape index (κ3) is 9.97. The molecule has 0 atom stereocenters. The second-order valence-electron chi connectivity index (χ2n) is 13.2. The molecule has 4 aromatic rings. The number of urea groups is 1. The van der Waals surface area contributed by atoms with E-state index in [0.717, 1.165) is 16.3 Å². The SMILES string of the molecule is CSc1cc(Oc2ccnc(N(CCN(C)C)C(=O)OC(C)(C)C)c2)ccc1NC(=O)Nc1cc(C(C)(C)C)nn1-c1ccccc1. The predicted octanol–water partition coefficient (Wildman–Crippen LogP) is 8.03. The Morgan fingerprint density at radius 3 is 2.23 bits per heavy atom. The summed E-state index contributed by atoms with van der Waals surface area (Å²) in [5.74, 6) is 2.04. The molecule has 0 saturated carbocycles. The molecular weight excluding hydrogens is 614 g/mol. The number of ether oxygens (including phenoxy) is 2. The summed E-state index contributed by atoms with van der Waals surface area (Å²) >= 11 is 1.48. The highest BCUT2D eigenvalue weighted by Crippen LogP contribution is 2.33. The molecule has 0 aliphatic carbocycles. The lowest BCUT2D eigenvalue weighted by atomic mass is 9.92. The van der Waals surface area contributed by atoms with Crippen molar-refractivity contribution in [1.82, 2.24) is 19.7 Å². The number of nitrogens with zero attached hydrogens (tertiary/aromatic N) is 5. The van der Waals surface area contributed by atoms with Crippen molar-refractivity contribution < 1.29 is 19.1 Å². The predicted molar refractivity (Wildman–Crippen MR) is 190 cm³/mol. The minimum Gasteiger partial charge on any atom is -0.457 e. The van der Waals surface area contributed by atoms with Crippen molar-refractivity contribution in [3.63, 3.8) is 0 Å². The van der Waals surface area contributed by atoms with Gasteiger partial charge >= 0.3 is 12.1 Å². The third-order valence-corrected chi connectivity index (χ3v) is 7.53. The third-order valence-electron chi connectivity index (χ3n) is 6.76. The maximum atomic E-state index is 13.3. The number of aromatic nitrogens is 3. The molecule has 250 valence electrons. The highest BCUT2D eigenvalue weighted by molar-refractivity contribution is 7.98. The first-order chi connectivity index (χ1) is 22.1. The minimum absolute atomic E-state index is 0.204. The van der Waals surface area contributed by atoms with Crippen LogP contribution in [0.25, 0.3) is 5.69 Å². The number of pyridine rings is 1. The first kappa shape index (κ1) is 35.3. The number of likely N-dealkylation sites (N-methyl/N-ethyl adjacent to an activating group) is 1. The van der Waals surface area contributed by atoms with Crippen LogP contribution in [-0.2, 0) is 10.2 Å². The van der Waals surface area contributed by atoms with Crippen molar-refractivity contribution in [3.8, 4) is 17.2 Å². The molecule has 0 aliphatic heterocycles. The van der Waals surface area contributed by atoms with Crippen LogP contribution >= 0.6 is 11.8 Å². The summed E-state index contributed by atoms with van der Waals surface area (Å²) in [6.45, 7) is 12.7. The molecule has 0 aliphatic rings. The van der Waals surface area contributed by atoms with E-state index in [1.54, 1.807) is 35.1 Å². The van der Waals surface area contributed by atoms with Gasteiger partial charge in [-0.25, -0.2) is 19.3 Å². The second-order valence-corrected chi connectivity index (χ2v) is 14.1. The standard InChI is InChI=1S/C35H45N7O4S/c1-34(2,3)29-23-31(42(39-29)24-13-11-10-12-14-24)38-32(43)37-27-16-15-25(21-28(27)47-9)45-26-17-18-36-30(22-26)41(20-19-40(7)8)33(44)46-35(4,5)6/h10-18,21-23H,19-20H2,1-9H3,(H2,37,38,43). The van der Waals surface area contributed by atoms with Gasteiger partial charge < -0.3 is 19.7 Å². The molecule has 4 rings (SSSR count). The monoisotopic (exact) mass is 659 g/mol. The van der Waals surface area contributed by atoms with Crippen LogP contribution in [0.4, 0.5) is 26.9 Å². The Morgan fingerprint density at radius 1 is 0.894 bits per heavy atom. The van der Waals surface area contributed by atoms with Crippen LogP contribution in [0.15, 0.2) is 77.8 Å². The molecule has 2 N–H and O–H groups in total. The lowest BCUT2D eigenvalue weighted by Crippen LogP contribution is -2.40. The number of rotatable bonds is 10. The van der Waals surface area contributed by atoms with E-state index in [-0.39, 0.29) is 5.41 Å². The molecule has 2 aromatic heterocycles. The topological polar surface area (TPSA) is 114 Å². The lowest BCUT2D eigenvalue weighted by Gasteiger charge is -2.27. The average molecular weight is 660 g/mol. The van der Waals surface area contributed by atoms with Gasteiger partial charge in [-0.1, -0.05) is 39.0 Å². The molecule has 0 bridgehead atoms. The van der Waals surface area contributed by atoms with Gasteiger partial charge in [-0.05, 0) is 77.5 Å². The molecular formula is C35H45N7O4S. The minimum atomic E-state index is -0.652. The van der Waals surface area contributed by atoms with Crippen molar-refractivity contribution in [1.29, 1.82) is 0 Å². The van der Waals surface area contributed by atoms with Crippen molar-refractivity contribution in [2.45, 2.75) is 57.5 Å². The van der Waals surface area contributed by atoms with Gasteiger partial charge in [0, 0.05) is 41.7 Å². The second kappa shape index (κ2) is 14.9. The first-order valence-corrected chi connectivity index (χ1v) is 16.6. The molecule has 12 heteroatoms. The number of hydrogen-bond donors (Lipinski definition) is 2. The van der Waals surface area contributed by atoms with Gasteiger partial charge in [0.1, 0.15) is 28.7 Å². The number of carbonyl (C=O) groups is 2. The molecule has 0 fully saturated rings. The fourth-order valence-corrected chi connectivity index (χ4v) is 4.95. The summed E-state index contributed by atoms with van der Waals surface area (Å²) in [6, 6.07) is 20.0.